The zero-order valence-electron chi connectivity index (χ0n) is 26.5. The van der Waals surface area contributed by atoms with Crippen molar-refractivity contribution in [2.75, 3.05) is 56.1 Å². The van der Waals surface area contributed by atoms with Crippen LogP contribution in [0.5, 0.6) is 0 Å². The first-order chi connectivity index (χ1) is 21.7. The van der Waals surface area contributed by atoms with Gasteiger partial charge in [0.05, 0.1) is 36.1 Å². The number of likely N-dealkylation sites (tertiary alicyclic amines) is 2. The van der Waals surface area contributed by atoms with E-state index in [-0.39, 0.29) is 17.6 Å². The molecule has 1 spiro atoms. The van der Waals surface area contributed by atoms with Gasteiger partial charge in [-0.05, 0) is 57.1 Å². The van der Waals surface area contributed by atoms with Crippen LogP contribution in [0.3, 0.4) is 0 Å². The molecule has 0 unspecified atom stereocenters. The van der Waals surface area contributed by atoms with E-state index in [1.807, 2.05) is 28.6 Å². The van der Waals surface area contributed by atoms with Crippen LogP contribution in [0.4, 0.5) is 21.3 Å². The Kier molecular flexibility index (Phi) is 7.45. The zero-order chi connectivity index (χ0) is 31.5. The summed E-state index contributed by atoms with van der Waals surface area (Å²) in [5.74, 6) is 0. The minimum absolute atomic E-state index is 0.0725. The van der Waals surface area contributed by atoms with Gasteiger partial charge >= 0.3 is 6.03 Å². The van der Waals surface area contributed by atoms with Crippen molar-refractivity contribution < 1.29 is 9.90 Å². The topological polar surface area (TPSA) is 104 Å². The van der Waals surface area contributed by atoms with E-state index < -0.39 is 0 Å². The number of urea groups is 1. The molecule has 3 fully saturated rings. The normalized spacial score (nSPS) is 18.1. The number of rotatable bonds is 5. The third-order valence-corrected chi connectivity index (χ3v) is 11.0. The quantitative estimate of drug-likeness (QED) is 0.319. The average molecular weight is 625 g/mol. The Morgan fingerprint density at radius 1 is 1.11 bits per heavy atom. The molecule has 3 aliphatic heterocycles. The highest BCUT2D eigenvalue weighted by Crippen LogP contribution is 2.44. The Labute approximate surface area is 268 Å². The van der Waals surface area contributed by atoms with Gasteiger partial charge < -0.3 is 24.7 Å². The minimum atomic E-state index is -0.369. The second-order valence-electron chi connectivity index (χ2n) is 13.0. The number of nitriles is 1. The highest BCUT2D eigenvalue weighted by molar-refractivity contribution is 7.16. The number of aliphatic hydroxyl groups excluding tert-OH is 1. The largest absolute Gasteiger partial charge is 0.389 e. The number of β-amino-alcohol motifs (C(OH)–C–C–N with tert-alkyl or cyclic N) is 1. The van der Waals surface area contributed by atoms with Crippen LogP contribution in [-0.2, 0) is 6.42 Å². The Hall–Kier alpha value is -4.14. The summed E-state index contributed by atoms with van der Waals surface area (Å²) in [5.41, 5.74) is 8.36. The highest BCUT2D eigenvalue weighted by Gasteiger charge is 2.43. The van der Waals surface area contributed by atoms with E-state index >= 15 is 0 Å². The molecule has 0 bridgehead atoms. The predicted molar refractivity (Wildman–Crippen MR) is 177 cm³/mol. The van der Waals surface area contributed by atoms with E-state index in [0.717, 1.165) is 85.1 Å². The SMILES string of the molecule is CCc1nn2c(C)cc(N3CCC4(CCN(C(=O)N5CC(O)C5)CC4)C3)cc2c1N(C)c1nc(-c2ccc(C)cc2)c(C#N)s1. The number of carbonyl (C=O) groups is 1. The van der Waals surface area contributed by atoms with Crippen LogP contribution >= 0.6 is 11.3 Å². The number of fused-ring (bicyclic) bond motifs is 1. The summed E-state index contributed by atoms with van der Waals surface area (Å²) in [6.07, 6.45) is 3.53. The van der Waals surface area contributed by atoms with Crippen LogP contribution in [0.25, 0.3) is 16.8 Å². The van der Waals surface area contributed by atoms with Crippen LogP contribution in [0.1, 0.15) is 48.0 Å². The molecule has 2 amide bonds. The Morgan fingerprint density at radius 3 is 2.49 bits per heavy atom. The lowest BCUT2D eigenvalue weighted by Gasteiger charge is -2.44. The molecular weight excluding hydrogens is 584 g/mol. The first-order valence-corrected chi connectivity index (χ1v) is 16.7. The number of thiazole rings is 1. The van der Waals surface area contributed by atoms with Gasteiger partial charge in [-0.15, -0.1) is 0 Å². The first-order valence-electron chi connectivity index (χ1n) is 15.9. The van der Waals surface area contributed by atoms with Crippen molar-refractivity contribution in [3.63, 3.8) is 0 Å². The van der Waals surface area contributed by atoms with Gasteiger partial charge in [0.2, 0.25) is 0 Å². The predicted octanol–water partition coefficient (Wildman–Crippen LogP) is 5.37. The van der Waals surface area contributed by atoms with E-state index in [1.54, 1.807) is 4.90 Å². The fourth-order valence-corrected chi connectivity index (χ4v) is 8.04. The third kappa shape index (κ3) is 5.20. The zero-order valence-corrected chi connectivity index (χ0v) is 27.3. The van der Waals surface area contributed by atoms with Crippen molar-refractivity contribution >= 4 is 39.4 Å². The van der Waals surface area contributed by atoms with Crippen molar-refractivity contribution in [2.45, 2.75) is 52.6 Å². The van der Waals surface area contributed by atoms with Crippen LogP contribution in [0.15, 0.2) is 36.4 Å². The molecule has 0 aliphatic carbocycles. The van der Waals surface area contributed by atoms with E-state index in [1.165, 1.54) is 22.6 Å². The smallest absolute Gasteiger partial charge is 0.320 e. The van der Waals surface area contributed by atoms with Gasteiger partial charge in [-0.2, -0.15) is 10.4 Å². The number of amides is 2. The second-order valence-corrected chi connectivity index (χ2v) is 14.0. The summed E-state index contributed by atoms with van der Waals surface area (Å²) in [6, 6.07) is 15.1. The van der Waals surface area contributed by atoms with E-state index in [9.17, 15) is 15.2 Å². The lowest BCUT2D eigenvalue weighted by molar-refractivity contribution is 0.00881. The molecule has 10 nitrogen and oxygen atoms in total. The maximum absolute atomic E-state index is 12.8. The maximum atomic E-state index is 12.8. The molecule has 7 rings (SSSR count). The van der Waals surface area contributed by atoms with Crippen molar-refractivity contribution in [3.8, 4) is 17.3 Å². The molecule has 1 N–H and O–H groups in total. The maximum Gasteiger partial charge on any atom is 0.320 e. The van der Waals surface area contributed by atoms with Gasteiger partial charge in [0.15, 0.2) is 5.13 Å². The molecule has 1 aromatic carbocycles. The number of piperidine rings is 1. The molecular formula is C34H40N8O2S. The Morgan fingerprint density at radius 2 is 1.82 bits per heavy atom. The summed E-state index contributed by atoms with van der Waals surface area (Å²) >= 11 is 1.41. The lowest BCUT2D eigenvalue weighted by Crippen LogP contribution is -2.59. The Bertz CT molecular complexity index is 1790. The number of aliphatic hydroxyl groups is 1. The molecule has 6 heterocycles. The fraction of sp³-hybridized carbons (Fsp3) is 0.471. The monoisotopic (exact) mass is 624 g/mol. The number of hydrogen-bond donors (Lipinski definition) is 1. The molecule has 0 saturated carbocycles. The summed E-state index contributed by atoms with van der Waals surface area (Å²) in [4.78, 5) is 26.7. The van der Waals surface area contributed by atoms with Crippen molar-refractivity contribution in [3.05, 3.63) is 58.2 Å². The second kappa shape index (κ2) is 11.3. The molecule has 0 radical (unpaired) electrons. The van der Waals surface area contributed by atoms with Gasteiger partial charge in [-0.1, -0.05) is 48.1 Å². The standard InChI is InChI=1S/C34H40N8O2S/c1-5-27-31(38(4)32-36-30(29(18-35)45-32)24-8-6-22(2)7-9-24)28-17-25(16-23(3)42(28)37-27)40-15-12-34(21-40)10-13-39(14-11-34)33(44)41-19-26(43)20-41/h6-9,16-17,26,43H,5,10-15,19-21H2,1-4H3. The first kappa shape index (κ1) is 29.6. The van der Waals surface area contributed by atoms with E-state index in [2.05, 4.69) is 60.9 Å². The summed E-state index contributed by atoms with van der Waals surface area (Å²) in [6.45, 7) is 10.7. The molecule has 0 atom stereocenters. The molecule has 45 heavy (non-hydrogen) atoms. The lowest BCUT2D eigenvalue weighted by atomic mass is 9.78. The van der Waals surface area contributed by atoms with Crippen LogP contribution in [0.2, 0.25) is 0 Å². The molecule has 11 heteroatoms. The van der Waals surface area contributed by atoms with E-state index in [4.69, 9.17) is 10.1 Å². The van der Waals surface area contributed by atoms with Crippen molar-refractivity contribution in [1.82, 2.24) is 24.4 Å². The number of anilines is 3. The molecule has 4 aromatic rings. The van der Waals surface area contributed by atoms with E-state index in [0.29, 0.717) is 23.7 Å². The number of hydrogen-bond acceptors (Lipinski definition) is 8. The number of pyridine rings is 1. The summed E-state index contributed by atoms with van der Waals surface area (Å²) < 4.78 is 2.04. The van der Waals surface area contributed by atoms with Crippen molar-refractivity contribution in [2.24, 2.45) is 5.41 Å². The van der Waals surface area contributed by atoms with Gasteiger partial charge in [0.1, 0.15) is 16.6 Å². The molecule has 3 saturated heterocycles. The minimum Gasteiger partial charge on any atom is -0.389 e. The Balaban J connectivity index is 1.15. The van der Waals surface area contributed by atoms with Gasteiger partial charge in [-0.25, -0.2) is 14.3 Å². The van der Waals surface area contributed by atoms with Crippen LogP contribution in [0, 0.1) is 30.6 Å². The number of aryl methyl sites for hydroxylation is 3. The molecule has 3 aromatic heterocycles. The number of carbonyl (C=O) groups excluding carboxylic acids is 1. The van der Waals surface area contributed by atoms with Crippen LogP contribution < -0.4 is 9.80 Å². The third-order valence-electron chi connectivity index (χ3n) is 9.97. The summed E-state index contributed by atoms with van der Waals surface area (Å²) in [7, 11) is 2.03. The fourth-order valence-electron chi connectivity index (χ4n) is 7.19. The number of nitrogens with zero attached hydrogens (tertiary/aromatic N) is 8. The van der Waals surface area contributed by atoms with Gasteiger partial charge in [0.25, 0.3) is 0 Å². The number of benzene rings is 1. The van der Waals surface area contributed by atoms with Crippen LogP contribution in [-0.4, -0.2) is 88.0 Å². The highest BCUT2D eigenvalue weighted by atomic mass is 32.1. The van der Waals surface area contributed by atoms with Crippen molar-refractivity contribution in [1.29, 1.82) is 5.26 Å². The molecule has 3 aliphatic rings. The molecule has 234 valence electrons. The average Bonchev–Trinajstić information content (AvgIpc) is 3.75. The van der Waals surface area contributed by atoms with Gasteiger partial charge in [0, 0.05) is 50.2 Å². The summed E-state index contributed by atoms with van der Waals surface area (Å²) in [5, 5.41) is 25.4. The number of aromatic nitrogens is 3. The van der Waals surface area contributed by atoms with Gasteiger partial charge in [-0.3, -0.25) is 0 Å².